The molecule has 1 fully saturated rings. The van der Waals surface area contributed by atoms with Crippen molar-refractivity contribution in [3.8, 4) is 0 Å². The van der Waals surface area contributed by atoms with Crippen LogP contribution in [0.4, 0.5) is 5.95 Å². The number of hydrogen-bond acceptors (Lipinski definition) is 4. The van der Waals surface area contributed by atoms with Crippen molar-refractivity contribution in [3.05, 3.63) is 58.3 Å². The summed E-state index contributed by atoms with van der Waals surface area (Å²) in [5.74, 6) is 0.641. The van der Waals surface area contributed by atoms with Gasteiger partial charge in [0.05, 0.1) is 0 Å². The minimum Gasteiger partial charge on any atom is -0.337 e. The smallest absolute Gasteiger partial charge is 0.246 e. The summed E-state index contributed by atoms with van der Waals surface area (Å²) in [5.41, 5.74) is 0.658. The third-order valence-electron chi connectivity index (χ3n) is 3.82. The topological polar surface area (TPSA) is 49.3 Å². The summed E-state index contributed by atoms with van der Waals surface area (Å²) in [4.78, 5) is 24.7. The van der Waals surface area contributed by atoms with Crippen LogP contribution in [0.2, 0.25) is 10.0 Å². The summed E-state index contributed by atoms with van der Waals surface area (Å²) in [6.07, 6.45) is 6.62. The van der Waals surface area contributed by atoms with Gasteiger partial charge in [0.1, 0.15) is 0 Å². The molecule has 124 valence electrons. The average Bonchev–Trinajstić information content (AvgIpc) is 2.62. The number of carbonyl (C=O) groups is 1. The van der Waals surface area contributed by atoms with Crippen LogP contribution in [0.1, 0.15) is 5.56 Å². The van der Waals surface area contributed by atoms with E-state index in [1.165, 1.54) is 6.08 Å². The molecule has 0 spiro atoms. The minimum atomic E-state index is -0.0559. The largest absolute Gasteiger partial charge is 0.337 e. The molecule has 7 heteroatoms. The van der Waals surface area contributed by atoms with E-state index in [1.54, 1.807) is 47.6 Å². The van der Waals surface area contributed by atoms with Gasteiger partial charge < -0.3 is 9.80 Å². The Bertz CT molecular complexity index is 723. The van der Waals surface area contributed by atoms with Crippen LogP contribution in [0, 0.1) is 0 Å². The number of rotatable bonds is 3. The number of nitrogens with zero attached hydrogens (tertiary/aromatic N) is 4. The Hall–Kier alpha value is -2.11. The molecule has 1 amide bonds. The lowest BCUT2D eigenvalue weighted by atomic mass is 10.2. The van der Waals surface area contributed by atoms with Gasteiger partial charge in [0.15, 0.2) is 0 Å². The molecule has 5 nitrogen and oxygen atoms in total. The molecule has 2 aromatic rings. The van der Waals surface area contributed by atoms with E-state index in [0.717, 1.165) is 0 Å². The number of benzene rings is 1. The van der Waals surface area contributed by atoms with Crippen molar-refractivity contribution in [2.24, 2.45) is 0 Å². The highest BCUT2D eigenvalue weighted by Gasteiger charge is 2.21. The van der Waals surface area contributed by atoms with Gasteiger partial charge in [-0.1, -0.05) is 29.3 Å². The molecular weight excluding hydrogens is 347 g/mol. The third-order valence-corrected chi connectivity index (χ3v) is 4.48. The fraction of sp³-hybridized carbons (Fsp3) is 0.235. The van der Waals surface area contributed by atoms with Crippen LogP contribution in [0.3, 0.4) is 0 Å². The Morgan fingerprint density at radius 1 is 1.00 bits per heavy atom. The lowest BCUT2D eigenvalue weighted by molar-refractivity contribution is -0.126. The Labute approximate surface area is 150 Å². The summed E-state index contributed by atoms with van der Waals surface area (Å²) in [7, 11) is 0. The summed E-state index contributed by atoms with van der Waals surface area (Å²) < 4.78 is 0. The molecule has 3 rings (SSSR count). The van der Waals surface area contributed by atoms with E-state index in [4.69, 9.17) is 23.2 Å². The Morgan fingerprint density at radius 2 is 1.62 bits per heavy atom. The van der Waals surface area contributed by atoms with E-state index in [1.807, 2.05) is 0 Å². The lowest BCUT2D eigenvalue weighted by Gasteiger charge is -2.34. The normalized spacial score (nSPS) is 15.1. The second kappa shape index (κ2) is 7.64. The molecule has 1 aliphatic rings. The highest BCUT2D eigenvalue weighted by Crippen LogP contribution is 2.25. The summed E-state index contributed by atoms with van der Waals surface area (Å²) in [5, 5.41) is 1.05. The lowest BCUT2D eigenvalue weighted by Crippen LogP contribution is -2.48. The first-order valence-corrected chi connectivity index (χ1v) is 8.34. The van der Waals surface area contributed by atoms with E-state index in [9.17, 15) is 4.79 Å². The SMILES string of the molecule is O=C(/C=C/c1c(Cl)cccc1Cl)N1CCN(c2ncccn2)CC1. The number of carbonyl (C=O) groups excluding carboxylic acids is 1. The van der Waals surface area contributed by atoms with Gasteiger partial charge in [0, 0.05) is 60.3 Å². The quantitative estimate of drug-likeness (QED) is 0.787. The predicted octanol–water partition coefficient (Wildman–Crippen LogP) is 3.15. The van der Waals surface area contributed by atoms with Crippen molar-refractivity contribution in [1.82, 2.24) is 14.9 Å². The Morgan fingerprint density at radius 3 is 2.25 bits per heavy atom. The standard InChI is InChI=1S/C17H16Cl2N4O/c18-14-3-1-4-15(19)13(14)5-6-16(24)22-9-11-23(12-10-22)17-20-7-2-8-21-17/h1-8H,9-12H2/b6-5+. The van der Waals surface area contributed by atoms with Crippen molar-refractivity contribution in [1.29, 1.82) is 0 Å². The van der Waals surface area contributed by atoms with Gasteiger partial charge in [0.2, 0.25) is 11.9 Å². The van der Waals surface area contributed by atoms with Crippen molar-refractivity contribution in [2.75, 3.05) is 31.1 Å². The van der Waals surface area contributed by atoms with Gasteiger partial charge in [-0.2, -0.15) is 0 Å². The first kappa shape index (κ1) is 16.7. The molecule has 0 N–H and O–H groups in total. The van der Waals surface area contributed by atoms with Gasteiger partial charge in [-0.15, -0.1) is 0 Å². The van der Waals surface area contributed by atoms with Crippen LogP contribution in [-0.2, 0) is 4.79 Å². The predicted molar refractivity (Wildman–Crippen MR) is 96.3 cm³/mol. The third kappa shape index (κ3) is 3.86. The summed E-state index contributed by atoms with van der Waals surface area (Å²) in [6.45, 7) is 2.66. The molecule has 0 saturated carbocycles. The van der Waals surface area contributed by atoms with Crippen molar-refractivity contribution < 1.29 is 4.79 Å². The van der Waals surface area contributed by atoms with Gasteiger partial charge in [-0.25, -0.2) is 9.97 Å². The van der Waals surface area contributed by atoms with Crippen LogP contribution in [0.5, 0.6) is 0 Å². The van der Waals surface area contributed by atoms with Crippen LogP contribution < -0.4 is 4.90 Å². The zero-order valence-electron chi connectivity index (χ0n) is 12.9. The molecule has 1 aliphatic heterocycles. The second-order valence-corrected chi connectivity index (χ2v) is 6.14. The first-order chi connectivity index (χ1) is 11.6. The molecule has 24 heavy (non-hydrogen) atoms. The van der Waals surface area contributed by atoms with E-state index < -0.39 is 0 Å². The molecule has 0 bridgehead atoms. The molecule has 0 unspecified atom stereocenters. The molecule has 2 heterocycles. The molecule has 1 saturated heterocycles. The fourth-order valence-electron chi connectivity index (χ4n) is 2.51. The first-order valence-electron chi connectivity index (χ1n) is 7.58. The van der Waals surface area contributed by atoms with E-state index in [0.29, 0.717) is 47.7 Å². The van der Waals surface area contributed by atoms with Crippen molar-refractivity contribution in [2.45, 2.75) is 0 Å². The van der Waals surface area contributed by atoms with Gasteiger partial charge in [-0.05, 0) is 24.3 Å². The maximum atomic E-state index is 12.3. The molecule has 0 radical (unpaired) electrons. The van der Waals surface area contributed by atoms with Crippen LogP contribution in [-0.4, -0.2) is 47.0 Å². The zero-order valence-corrected chi connectivity index (χ0v) is 14.4. The monoisotopic (exact) mass is 362 g/mol. The second-order valence-electron chi connectivity index (χ2n) is 5.33. The Balaban J connectivity index is 1.60. The van der Waals surface area contributed by atoms with E-state index in [2.05, 4.69) is 14.9 Å². The summed E-state index contributed by atoms with van der Waals surface area (Å²) >= 11 is 12.2. The van der Waals surface area contributed by atoms with E-state index >= 15 is 0 Å². The number of hydrogen-bond donors (Lipinski definition) is 0. The maximum Gasteiger partial charge on any atom is 0.246 e. The zero-order chi connectivity index (χ0) is 16.9. The number of piperazine rings is 1. The van der Waals surface area contributed by atoms with Gasteiger partial charge >= 0.3 is 0 Å². The van der Waals surface area contributed by atoms with Crippen molar-refractivity contribution in [3.63, 3.8) is 0 Å². The van der Waals surface area contributed by atoms with Gasteiger partial charge in [0.25, 0.3) is 0 Å². The summed E-state index contributed by atoms with van der Waals surface area (Å²) in [6, 6.07) is 7.05. The van der Waals surface area contributed by atoms with Crippen LogP contribution in [0.25, 0.3) is 6.08 Å². The molecule has 0 atom stereocenters. The van der Waals surface area contributed by atoms with Gasteiger partial charge in [-0.3, -0.25) is 4.79 Å². The average molecular weight is 363 g/mol. The maximum absolute atomic E-state index is 12.3. The molecule has 1 aromatic carbocycles. The molecular formula is C17H16Cl2N4O. The number of amides is 1. The fourth-order valence-corrected chi connectivity index (χ4v) is 3.03. The van der Waals surface area contributed by atoms with Crippen molar-refractivity contribution >= 4 is 41.1 Å². The highest BCUT2D eigenvalue weighted by atomic mass is 35.5. The van der Waals surface area contributed by atoms with Crippen LogP contribution >= 0.6 is 23.2 Å². The number of aromatic nitrogens is 2. The molecule has 0 aliphatic carbocycles. The molecule has 1 aromatic heterocycles. The minimum absolute atomic E-state index is 0.0559. The Kier molecular flexibility index (Phi) is 5.33. The number of halogens is 2. The van der Waals surface area contributed by atoms with Crippen LogP contribution in [0.15, 0.2) is 42.7 Å². The van der Waals surface area contributed by atoms with E-state index in [-0.39, 0.29) is 5.91 Å². The highest BCUT2D eigenvalue weighted by molar-refractivity contribution is 6.37. The number of anilines is 1.